The van der Waals surface area contributed by atoms with E-state index in [1.807, 2.05) is 0 Å². The normalized spacial score (nSPS) is 15.9. The van der Waals surface area contributed by atoms with E-state index >= 15 is 0 Å². The van der Waals surface area contributed by atoms with Crippen molar-refractivity contribution < 1.29 is 0 Å². The first-order valence-electron chi connectivity index (χ1n) is 20.7. The second-order valence-electron chi connectivity index (χ2n) is 18.2. The molecule has 0 saturated carbocycles. The summed E-state index contributed by atoms with van der Waals surface area (Å²) >= 11 is 0. The molecule has 276 valence electrons. The summed E-state index contributed by atoms with van der Waals surface area (Å²) in [7, 11) is 0. The summed E-state index contributed by atoms with van der Waals surface area (Å²) in [6.45, 7) is 14.3. The second-order valence-corrected chi connectivity index (χ2v) is 18.2. The molecule has 8 aromatic rings. The van der Waals surface area contributed by atoms with Crippen molar-refractivity contribution in [2.24, 2.45) is 0 Å². The maximum Gasteiger partial charge on any atom is 0.333 e. The molecule has 0 atom stereocenters. The van der Waals surface area contributed by atoms with Crippen LogP contribution < -0.4 is 20.6 Å². The molecule has 2 nitrogen and oxygen atoms in total. The van der Waals surface area contributed by atoms with Crippen LogP contribution in [0.3, 0.4) is 0 Å². The molecule has 0 spiro atoms. The van der Waals surface area contributed by atoms with Crippen molar-refractivity contribution in [3.8, 4) is 22.3 Å². The number of fused-ring (bicyclic) bond motifs is 8. The lowest BCUT2D eigenvalue weighted by Gasteiger charge is -2.47. The fraction of sp³-hybridized carbons (Fsp3) is 0.185. The van der Waals surface area contributed by atoms with Gasteiger partial charge in [-0.1, -0.05) is 149 Å². The van der Waals surface area contributed by atoms with E-state index in [-0.39, 0.29) is 17.7 Å². The van der Waals surface area contributed by atoms with Crippen LogP contribution >= 0.6 is 0 Å². The molecule has 1 aliphatic carbocycles. The van der Waals surface area contributed by atoms with Crippen LogP contribution in [-0.4, -0.2) is 6.85 Å². The molecule has 0 radical (unpaired) electrons. The lowest BCUT2D eigenvalue weighted by Crippen LogP contribution is -2.61. The summed E-state index contributed by atoms with van der Waals surface area (Å²) in [5, 5.41) is 5.05. The van der Waals surface area contributed by atoms with Crippen molar-refractivity contribution in [1.29, 1.82) is 0 Å². The van der Waals surface area contributed by atoms with Gasteiger partial charge in [0, 0.05) is 39.4 Å². The van der Waals surface area contributed by atoms with Gasteiger partial charge in [0.15, 0.2) is 0 Å². The van der Waals surface area contributed by atoms with Gasteiger partial charge in [0.2, 0.25) is 0 Å². The Hall–Kier alpha value is -6.06. The van der Waals surface area contributed by atoms with Gasteiger partial charge in [-0.05, 0) is 134 Å². The zero-order valence-electron chi connectivity index (χ0n) is 33.8. The van der Waals surface area contributed by atoms with Crippen LogP contribution in [0.25, 0.3) is 43.8 Å². The first-order valence-corrected chi connectivity index (χ1v) is 20.7. The van der Waals surface area contributed by atoms with E-state index < -0.39 is 0 Å². The summed E-state index contributed by atoms with van der Waals surface area (Å²) in [4.78, 5) is 5.31. The van der Waals surface area contributed by atoms with E-state index in [1.54, 1.807) is 0 Å². The Morgan fingerprint density at radius 3 is 1.88 bits per heavy atom. The zero-order chi connectivity index (χ0) is 38.8. The number of benzene rings is 8. The van der Waals surface area contributed by atoms with Crippen LogP contribution in [0.1, 0.15) is 62.8 Å². The quantitative estimate of drug-likeness (QED) is 0.167. The Morgan fingerprint density at radius 1 is 0.509 bits per heavy atom. The van der Waals surface area contributed by atoms with E-state index in [0.717, 1.165) is 0 Å². The molecule has 0 aromatic heterocycles. The molecule has 3 aliphatic rings. The summed E-state index contributed by atoms with van der Waals surface area (Å²) in [6.07, 6.45) is 2.38. The molecule has 0 amide bonds. The topological polar surface area (TPSA) is 6.48 Å². The van der Waals surface area contributed by atoms with Gasteiger partial charge in [-0.2, -0.15) is 0 Å². The first kappa shape index (κ1) is 34.2. The van der Waals surface area contributed by atoms with E-state index in [1.165, 1.54) is 118 Å². The second kappa shape index (κ2) is 12.2. The van der Waals surface area contributed by atoms with Gasteiger partial charge in [-0.3, -0.25) is 0 Å². The molecule has 8 aromatic carbocycles. The third-order valence-electron chi connectivity index (χ3n) is 13.6. The molecular weight excluding hydrogens is 687 g/mol. The number of hydrogen-bond donors (Lipinski definition) is 0. The maximum absolute atomic E-state index is 2.67. The lowest BCUT2D eigenvalue weighted by molar-refractivity contribution is 0.332. The molecule has 0 fully saturated rings. The third-order valence-corrected chi connectivity index (χ3v) is 13.6. The smallest absolute Gasteiger partial charge is 0.333 e. The van der Waals surface area contributed by atoms with Gasteiger partial charge in [0.1, 0.15) is 0 Å². The number of anilines is 5. The van der Waals surface area contributed by atoms with Crippen molar-refractivity contribution in [2.45, 2.75) is 65.2 Å². The predicted octanol–water partition coefficient (Wildman–Crippen LogP) is 13.3. The van der Waals surface area contributed by atoms with E-state index in [4.69, 9.17) is 0 Å². The lowest BCUT2D eigenvalue weighted by atomic mass is 9.43. The maximum atomic E-state index is 2.67. The molecule has 2 heterocycles. The summed E-state index contributed by atoms with van der Waals surface area (Å²) in [5.74, 6) is 0. The van der Waals surface area contributed by atoms with Crippen LogP contribution in [-0.2, 0) is 10.8 Å². The van der Waals surface area contributed by atoms with Gasteiger partial charge in [-0.15, -0.1) is 0 Å². The molecule has 0 unspecified atom stereocenters. The number of nitrogens with zero attached hydrogens (tertiary/aromatic N) is 2. The predicted molar refractivity (Wildman–Crippen MR) is 245 cm³/mol. The molecule has 0 bridgehead atoms. The Morgan fingerprint density at radius 2 is 1.14 bits per heavy atom. The molecule has 2 aliphatic heterocycles. The van der Waals surface area contributed by atoms with Crippen LogP contribution in [0.15, 0.2) is 152 Å². The number of hydrogen-bond acceptors (Lipinski definition) is 2. The summed E-state index contributed by atoms with van der Waals surface area (Å²) < 4.78 is 0. The van der Waals surface area contributed by atoms with Crippen molar-refractivity contribution in [3.63, 3.8) is 0 Å². The third kappa shape index (κ3) is 5.11. The van der Waals surface area contributed by atoms with Gasteiger partial charge in [-0.25, -0.2) is 0 Å². The molecule has 0 saturated heterocycles. The van der Waals surface area contributed by atoms with Crippen molar-refractivity contribution in [1.82, 2.24) is 0 Å². The molecule has 11 rings (SSSR count). The van der Waals surface area contributed by atoms with Crippen molar-refractivity contribution in [3.05, 3.63) is 174 Å². The Kier molecular flexibility index (Phi) is 7.34. The first-order chi connectivity index (χ1) is 27.6. The average Bonchev–Trinajstić information content (AvgIpc) is 3.22. The van der Waals surface area contributed by atoms with Gasteiger partial charge >= 0.3 is 6.85 Å². The van der Waals surface area contributed by atoms with Gasteiger partial charge in [0.05, 0.1) is 0 Å². The molecule has 0 N–H and O–H groups in total. The van der Waals surface area contributed by atoms with Crippen LogP contribution in [0.2, 0.25) is 0 Å². The molecular formula is C54H47BN2. The van der Waals surface area contributed by atoms with Crippen LogP contribution in [0, 0.1) is 13.8 Å². The summed E-state index contributed by atoms with van der Waals surface area (Å²) in [5.41, 5.74) is 19.9. The monoisotopic (exact) mass is 734 g/mol. The number of rotatable bonds is 3. The van der Waals surface area contributed by atoms with Crippen LogP contribution in [0.5, 0.6) is 0 Å². The van der Waals surface area contributed by atoms with Gasteiger partial charge in [0.25, 0.3) is 0 Å². The fourth-order valence-corrected chi connectivity index (χ4v) is 10.5. The Labute approximate surface area is 337 Å². The molecule has 57 heavy (non-hydrogen) atoms. The highest BCUT2D eigenvalue weighted by atomic mass is 15.2. The molecule has 3 heteroatoms. The van der Waals surface area contributed by atoms with E-state index in [9.17, 15) is 0 Å². The Balaban J connectivity index is 1.24. The van der Waals surface area contributed by atoms with Crippen LogP contribution in [0.4, 0.5) is 28.4 Å². The average molecular weight is 735 g/mol. The van der Waals surface area contributed by atoms with Crippen molar-refractivity contribution in [2.75, 3.05) is 9.71 Å². The van der Waals surface area contributed by atoms with Gasteiger partial charge < -0.3 is 9.71 Å². The van der Waals surface area contributed by atoms with E-state index in [2.05, 4.69) is 203 Å². The highest BCUT2D eigenvalue weighted by molar-refractivity contribution is 6.94. The largest absolute Gasteiger partial charge is 0.376 e. The number of aryl methyl sites for hydroxylation is 2. The van der Waals surface area contributed by atoms with E-state index in [0.29, 0.717) is 0 Å². The Bertz CT molecular complexity index is 2940. The summed E-state index contributed by atoms with van der Waals surface area (Å²) in [6, 6.07) is 57.6. The standard InChI is InChI=1S/C54H47BN2/c1-34-28-44-43-25-22-38-16-12-13-19-42(38)52(43)57(41-23-20-37(21-24-41)36-14-8-7-9-15-36)55-47-31-39-17-10-11-18-40(39)32-49(47)56(50(29-34)51(44)55)48-33-46-45(30-35(48)2)53(3,4)26-27-54(46,5)6/h7-25,28-33H,26-27H2,1-6H3. The fourth-order valence-electron chi connectivity index (χ4n) is 10.5. The minimum absolute atomic E-state index is 0.0550. The van der Waals surface area contributed by atoms with Crippen molar-refractivity contribution >= 4 is 67.8 Å². The minimum atomic E-state index is -0.0550. The highest BCUT2D eigenvalue weighted by Gasteiger charge is 2.46. The minimum Gasteiger partial charge on any atom is -0.376 e. The SMILES string of the molecule is Cc1cc2c3c(c1)N(c1cc4c(cc1C)C(C)(C)CCC4(C)C)c1cc4ccccc4cc1B3N(c1ccc(-c3ccccc3)cc1)c1c-2ccc2ccccc12. The zero-order valence-corrected chi connectivity index (χ0v) is 33.8. The highest BCUT2D eigenvalue weighted by Crippen LogP contribution is 2.53.